The van der Waals surface area contributed by atoms with E-state index in [1.165, 1.54) is 0 Å². The average molecular weight is 226 g/mol. The third-order valence-electron chi connectivity index (χ3n) is 3.93. The van der Waals surface area contributed by atoms with E-state index in [2.05, 4.69) is 0 Å². The molecule has 2 heterocycles. The van der Waals surface area contributed by atoms with E-state index in [1.54, 1.807) is 7.11 Å². The van der Waals surface area contributed by atoms with Crippen LogP contribution < -0.4 is 0 Å². The zero-order valence-electron chi connectivity index (χ0n) is 9.66. The summed E-state index contributed by atoms with van der Waals surface area (Å²) in [7, 11) is 1.72. The van der Waals surface area contributed by atoms with Gasteiger partial charge in [0.1, 0.15) is 11.4 Å². The van der Waals surface area contributed by atoms with E-state index in [0.717, 1.165) is 44.7 Å². The lowest BCUT2D eigenvalue weighted by Crippen LogP contribution is -2.45. The summed E-state index contributed by atoms with van der Waals surface area (Å²) in [4.78, 5) is 0. The first kappa shape index (κ1) is 10.6. The normalized spacial score (nSPS) is 30.9. The second-order valence-electron chi connectivity index (χ2n) is 4.69. The van der Waals surface area contributed by atoms with Crippen LogP contribution in [0.3, 0.4) is 0 Å². The van der Waals surface area contributed by atoms with Gasteiger partial charge < -0.3 is 18.9 Å². The van der Waals surface area contributed by atoms with Crippen LogP contribution in [0, 0.1) is 0 Å². The Kier molecular flexibility index (Phi) is 2.46. The van der Waals surface area contributed by atoms with Crippen molar-refractivity contribution >= 4 is 0 Å². The van der Waals surface area contributed by atoms with Gasteiger partial charge in [0.2, 0.25) is 0 Å². The third kappa shape index (κ3) is 1.48. The molecule has 4 heteroatoms. The number of rotatable bonds is 1. The Balaban J connectivity index is 1.72. The lowest BCUT2D eigenvalue weighted by Gasteiger charge is -2.41. The SMILES string of the molecule is COC1=CCOC12CCC1(CC2)OCCO1. The summed E-state index contributed by atoms with van der Waals surface area (Å²) in [5.74, 6) is 0.663. The van der Waals surface area contributed by atoms with Crippen molar-refractivity contribution in [3.63, 3.8) is 0 Å². The van der Waals surface area contributed by atoms with E-state index in [1.807, 2.05) is 6.08 Å². The molecule has 2 aliphatic heterocycles. The third-order valence-corrected chi connectivity index (χ3v) is 3.93. The van der Waals surface area contributed by atoms with Gasteiger partial charge in [-0.1, -0.05) is 0 Å². The van der Waals surface area contributed by atoms with Crippen LogP contribution in [-0.2, 0) is 18.9 Å². The highest BCUT2D eigenvalue weighted by atomic mass is 16.7. The molecule has 0 aromatic rings. The Morgan fingerprint density at radius 1 is 1.06 bits per heavy atom. The molecule has 1 aliphatic carbocycles. The van der Waals surface area contributed by atoms with Crippen LogP contribution in [0.4, 0.5) is 0 Å². The van der Waals surface area contributed by atoms with Gasteiger partial charge in [0, 0.05) is 12.8 Å². The topological polar surface area (TPSA) is 36.9 Å². The lowest BCUT2D eigenvalue weighted by molar-refractivity contribution is -0.204. The largest absolute Gasteiger partial charge is 0.498 e. The van der Waals surface area contributed by atoms with E-state index in [0.29, 0.717) is 6.61 Å². The van der Waals surface area contributed by atoms with Crippen LogP contribution in [0.15, 0.2) is 11.8 Å². The molecule has 0 amide bonds. The van der Waals surface area contributed by atoms with Crippen molar-refractivity contribution < 1.29 is 18.9 Å². The first-order valence-corrected chi connectivity index (χ1v) is 5.95. The second kappa shape index (κ2) is 3.72. The first-order chi connectivity index (χ1) is 7.79. The molecule has 1 saturated carbocycles. The van der Waals surface area contributed by atoms with Crippen LogP contribution in [0.25, 0.3) is 0 Å². The van der Waals surface area contributed by atoms with Gasteiger partial charge in [-0.2, -0.15) is 0 Å². The molecule has 16 heavy (non-hydrogen) atoms. The van der Waals surface area contributed by atoms with E-state index in [9.17, 15) is 0 Å². The molecule has 0 aromatic heterocycles. The molecule has 0 bridgehead atoms. The minimum absolute atomic E-state index is 0.199. The first-order valence-electron chi connectivity index (χ1n) is 5.95. The molecule has 2 spiro atoms. The molecule has 0 atom stereocenters. The minimum atomic E-state index is -0.323. The van der Waals surface area contributed by atoms with Crippen LogP contribution in [0.1, 0.15) is 25.7 Å². The predicted molar refractivity (Wildman–Crippen MR) is 56.9 cm³/mol. The smallest absolute Gasteiger partial charge is 0.168 e. The van der Waals surface area contributed by atoms with Gasteiger partial charge in [-0.05, 0) is 18.9 Å². The monoisotopic (exact) mass is 226 g/mol. The van der Waals surface area contributed by atoms with Crippen molar-refractivity contribution in [1.29, 1.82) is 0 Å². The molecule has 3 rings (SSSR count). The molecule has 4 nitrogen and oxygen atoms in total. The summed E-state index contributed by atoms with van der Waals surface area (Å²) in [6, 6.07) is 0. The Hall–Kier alpha value is -0.580. The van der Waals surface area contributed by atoms with Gasteiger partial charge in [0.05, 0.1) is 26.9 Å². The zero-order chi connectivity index (χ0) is 11.1. The van der Waals surface area contributed by atoms with Crippen molar-refractivity contribution in [2.75, 3.05) is 26.9 Å². The highest BCUT2D eigenvalue weighted by molar-refractivity contribution is 5.18. The van der Waals surface area contributed by atoms with Crippen LogP contribution >= 0.6 is 0 Å². The molecule has 90 valence electrons. The summed E-state index contributed by atoms with van der Waals surface area (Å²) in [5.41, 5.74) is -0.199. The summed E-state index contributed by atoms with van der Waals surface area (Å²) in [6.45, 7) is 2.11. The molecular formula is C12H18O4. The van der Waals surface area contributed by atoms with Gasteiger partial charge >= 0.3 is 0 Å². The summed E-state index contributed by atoms with van der Waals surface area (Å²) >= 11 is 0. The van der Waals surface area contributed by atoms with Gasteiger partial charge in [-0.25, -0.2) is 0 Å². The molecule has 0 N–H and O–H groups in total. The molecule has 3 aliphatic rings. The molecule has 2 fully saturated rings. The maximum Gasteiger partial charge on any atom is 0.168 e. The van der Waals surface area contributed by atoms with Crippen LogP contribution in [0.5, 0.6) is 0 Å². The number of hydrogen-bond donors (Lipinski definition) is 0. The Bertz CT molecular complexity index is 294. The fourth-order valence-electron chi connectivity index (χ4n) is 3.01. The van der Waals surface area contributed by atoms with Crippen LogP contribution in [0.2, 0.25) is 0 Å². The van der Waals surface area contributed by atoms with Gasteiger partial charge in [0.25, 0.3) is 0 Å². The van der Waals surface area contributed by atoms with E-state index >= 15 is 0 Å². The maximum absolute atomic E-state index is 5.86. The zero-order valence-corrected chi connectivity index (χ0v) is 9.66. The fraction of sp³-hybridized carbons (Fsp3) is 0.833. The van der Waals surface area contributed by atoms with Gasteiger partial charge in [-0.3, -0.25) is 0 Å². The van der Waals surface area contributed by atoms with Crippen molar-refractivity contribution in [2.45, 2.75) is 37.1 Å². The van der Waals surface area contributed by atoms with E-state index < -0.39 is 0 Å². The highest BCUT2D eigenvalue weighted by Crippen LogP contribution is 2.46. The standard InChI is InChI=1S/C12H18O4/c1-13-10-2-7-14-11(10)3-5-12(6-4-11)15-8-9-16-12/h2H,3-9H2,1H3. The molecule has 0 unspecified atom stereocenters. The van der Waals surface area contributed by atoms with Gasteiger partial charge in [0.15, 0.2) is 5.79 Å². The Morgan fingerprint density at radius 3 is 2.38 bits per heavy atom. The Morgan fingerprint density at radius 2 is 1.75 bits per heavy atom. The Labute approximate surface area is 95.5 Å². The molecule has 1 saturated heterocycles. The minimum Gasteiger partial charge on any atom is -0.498 e. The van der Waals surface area contributed by atoms with Gasteiger partial charge in [-0.15, -0.1) is 0 Å². The summed E-state index contributed by atoms with van der Waals surface area (Å²) in [5, 5.41) is 0. The highest BCUT2D eigenvalue weighted by Gasteiger charge is 2.50. The number of ether oxygens (including phenoxy) is 4. The van der Waals surface area contributed by atoms with Crippen molar-refractivity contribution in [3.05, 3.63) is 11.8 Å². The van der Waals surface area contributed by atoms with E-state index in [4.69, 9.17) is 18.9 Å². The van der Waals surface area contributed by atoms with Crippen molar-refractivity contribution in [2.24, 2.45) is 0 Å². The van der Waals surface area contributed by atoms with Crippen molar-refractivity contribution in [1.82, 2.24) is 0 Å². The summed E-state index contributed by atoms with van der Waals surface area (Å²) < 4.78 is 22.7. The van der Waals surface area contributed by atoms with E-state index in [-0.39, 0.29) is 11.4 Å². The van der Waals surface area contributed by atoms with Crippen molar-refractivity contribution in [3.8, 4) is 0 Å². The summed E-state index contributed by atoms with van der Waals surface area (Å²) in [6.07, 6.45) is 5.68. The quantitative estimate of drug-likeness (QED) is 0.680. The molecular weight excluding hydrogens is 208 g/mol. The predicted octanol–water partition coefficient (Wildman–Crippen LogP) is 1.60. The second-order valence-corrected chi connectivity index (χ2v) is 4.69. The average Bonchev–Trinajstić information content (AvgIpc) is 2.91. The molecule has 0 radical (unpaired) electrons. The lowest BCUT2D eigenvalue weighted by atomic mass is 9.80. The number of hydrogen-bond acceptors (Lipinski definition) is 4. The van der Waals surface area contributed by atoms with Crippen LogP contribution in [-0.4, -0.2) is 38.3 Å². The fourth-order valence-corrected chi connectivity index (χ4v) is 3.01. The number of methoxy groups -OCH3 is 1. The molecule has 0 aromatic carbocycles. The maximum atomic E-state index is 5.86.